The Labute approximate surface area is 169 Å². The van der Waals surface area contributed by atoms with E-state index in [1.165, 1.54) is 0 Å². The fourth-order valence-electron chi connectivity index (χ4n) is 3.21. The Bertz CT molecular complexity index is 1080. The highest BCUT2D eigenvalue weighted by Crippen LogP contribution is 2.27. The molecule has 0 radical (unpaired) electrons. The molecule has 1 saturated heterocycles. The molecule has 144 valence electrons. The molecule has 0 saturated carbocycles. The number of nitrogens with zero attached hydrogens (tertiary/aromatic N) is 1. The van der Waals surface area contributed by atoms with Gasteiger partial charge in [0, 0.05) is 23.6 Å². The highest BCUT2D eigenvalue weighted by Gasteiger charge is 2.20. The Kier molecular flexibility index (Phi) is 5.19. The van der Waals surface area contributed by atoms with Crippen molar-refractivity contribution in [3.63, 3.8) is 0 Å². The smallest absolute Gasteiger partial charge is 0.415 e. The van der Waals surface area contributed by atoms with Crippen molar-refractivity contribution in [1.82, 2.24) is 4.90 Å². The third kappa shape index (κ3) is 3.68. The summed E-state index contributed by atoms with van der Waals surface area (Å²) >= 11 is 3.40. The zero-order valence-corrected chi connectivity index (χ0v) is 16.8. The van der Waals surface area contributed by atoms with Gasteiger partial charge >= 0.3 is 6.09 Å². The summed E-state index contributed by atoms with van der Waals surface area (Å²) in [5.74, 6) is 0.847. The van der Waals surface area contributed by atoms with E-state index < -0.39 is 6.09 Å². The van der Waals surface area contributed by atoms with E-state index in [9.17, 15) is 9.59 Å². The number of hydrogen-bond donors (Lipinski definition) is 0. The third-order valence-electron chi connectivity index (χ3n) is 4.65. The van der Waals surface area contributed by atoms with E-state index in [1.807, 2.05) is 24.3 Å². The molecule has 1 aromatic heterocycles. The van der Waals surface area contributed by atoms with Gasteiger partial charge < -0.3 is 18.8 Å². The van der Waals surface area contributed by atoms with Crippen molar-refractivity contribution in [2.24, 2.45) is 0 Å². The minimum absolute atomic E-state index is 0.118. The van der Waals surface area contributed by atoms with Crippen molar-refractivity contribution in [3.8, 4) is 16.9 Å². The van der Waals surface area contributed by atoms with E-state index in [0.29, 0.717) is 54.3 Å². The van der Waals surface area contributed by atoms with Crippen LogP contribution in [0.2, 0.25) is 0 Å². The molecule has 0 aliphatic carbocycles. The SMILES string of the molecule is Cc1oc2cc(OC(=O)N3CCOCC3)ccc2c(=O)c1-c1ccc(Br)cc1. The van der Waals surface area contributed by atoms with E-state index in [0.717, 1.165) is 10.0 Å². The second-order valence-corrected chi connectivity index (χ2v) is 7.41. The summed E-state index contributed by atoms with van der Waals surface area (Å²) in [6.45, 7) is 3.75. The lowest BCUT2D eigenvalue weighted by Gasteiger charge is -2.25. The lowest BCUT2D eigenvalue weighted by molar-refractivity contribution is 0.0416. The number of aryl methyl sites for hydroxylation is 1. The number of carbonyl (C=O) groups excluding carboxylic acids is 1. The maximum absolute atomic E-state index is 13.0. The van der Waals surface area contributed by atoms with E-state index in [-0.39, 0.29) is 5.43 Å². The number of halogens is 1. The molecular formula is C21H18BrNO5. The van der Waals surface area contributed by atoms with Gasteiger partial charge in [-0.25, -0.2) is 4.79 Å². The minimum atomic E-state index is -0.437. The van der Waals surface area contributed by atoms with Gasteiger partial charge in [0.25, 0.3) is 0 Å². The molecule has 3 aromatic rings. The molecule has 0 bridgehead atoms. The molecule has 2 aromatic carbocycles. The summed E-state index contributed by atoms with van der Waals surface area (Å²) in [6, 6.07) is 12.3. The summed E-state index contributed by atoms with van der Waals surface area (Å²) < 4.78 is 17.5. The molecular weight excluding hydrogens is 426 g/mol. The number of amides is 1. The van der Waals surface area contributed by atoms with Crippen LogP contribution >= 0.6 is 15.9 Å². The van der Waals surface area contributed by atoms with Gasteiger partial charge in [-0.3, -0.25) is 4.79 Å². The predicted octanol–water partition coefficient (Wildman–Crippen LogP) is 4.36. The number of carbonyl (C=O) groups is 1. The average Bonchev–Trinajstić information content (AvgIpc) is 2.70. The zero-order valence-electron chi connectivity index (χ0n) is 15.2. The molecule has 0 N–H and O–H groups in total. The lowest BCUT2D eigenvalue weighted by Crippen LogP contribution is -2.42. The van der Waals surface area contributed by atoms with Gasteiger partial charge in [0.15, 0.2) is 0 Å². The van der Waals surface area contributed by atoms with Crippen molar-refractivity contribution >= 4 is 33.0 Å². The van der Waals surface area contributed by atoms with Crippen LogP contribution in [0.1, 0.15) is 5.76 Å². The molecule has 7 heteroatoms. The van der Waals surface area contributed by atoms with Gasteiger partial charge in [-0.05, 0) is 36.8 Å². The van der Waals surface area contributed by atoms with Crippen LogP contribution in [0.5, 0.6) is 5.75 Å². The molecule has 6 nitrogen and oxygen atoms in total. The summed E-state index contributed by atoms with van der Waals surface area (Å²) in [4.78, 5) is 26.9. The fourth-order valence-corrected chi connectivity index (χ4v) is 3.48. The quantitative estimate of drug-likeness (QED) is 0.588. The molecule has 2 heterocycles. The Morgan fingerprint density at radius 2 is 1.82 bits per heavy atom. The van der Waals surface area contributed by atoms with Gasteiger partial charge in [0.05, 0.1) is 24.2 Å². The van der Waals surface area contributed by atoms with Gasteiger partial charge in [0.2, 0.25) is 5.43 Å². The van der Waals surface area contributed by atoms with Gasteiger partial charge in [0.1, 0.15) is 17.1 Å². The summed E-state index contributed by atoms with van der Waals surface area (Å²) in [5, 5.41) is 0.440. The van der Waals surface area contributed by atoms with E-state index in [2.05, 4.69) is 15.9 Å². The monoisotopic (exact) mass is 443 g/mol. The molecule has 0 unspecified atom stereocenters. The van der Waals surface area contributed by atoms with E-state index in [1.54, 1.807) is 30.0 Å². The van der Waals surface area contributed by atoms with Gasteiger partial charge in [-0.15, -0.1) is 0 Å². The molecule has 0 atom stereocenters. The number of rotatable bonds is 2. The first-order valence-electron chi connectivity index (χ1n) is 8.91. The Morgan fingerprint density at radius 1 is 1.11 bits per heavy atom. The van der Waals surface area contributed by atoms with Crippen LogP contribution < -0.4 is 10.2 Å². The van der Waals surface area contributed by atoms with Crippen LogP contribution in [-0.2, 0) is 4.74 Å². The average molecular weight is 444 g/mol. The molecule has 28 heavy (non-hydrogen) atoms. The number of morpholine rings is 1. The van der Waals surface area contributed by atoms with Gasteiger partial charge in [-0.2, -0.15) is 0 Å². The van der Waals surface area contributed by atoms with Crippen molar-refractivity contribution in [2.75, 3.05) is 26.3 Å². The fraction of sp³-hybridized carbons (Fsp3) is 0.238. The second kappa shape index (κ2) is 7.77. The first kappa shape index (κ1) is 18.7. The highest BCUT2D eigenvalue weighted by atomic mass is 79.9. The lowest BCUT2D eigenvalue weighted by atomic mass is 10.0. The largest absolute Gasteiger partial charge is 0.460 e. The highest BCUT2D eigenvalue weighted by molar-refractivity contribution is 9.10. The summed E-state index contributed by atoms with van der Waals surface area (Å²) in [6.07, 6.45) is -0.437. The Morgan fingerprint density at radius 3 is 2.54 bits per heavy atom. The molecule has 0 spiro atoms. The van der Waals surface area contributed by atoms with E-state index >= 15 is 0 Å². The second-order valence-electron chi connectivity index (χ2n) is 6.49. The van der Waals surface area contributed by atoms with Crippen molar-refractivity contribution < 1.29 is 18.7 Å². The molecule has 4 rings (SSSR count). The zero-order chi connectivity index (χ0) is 19.7. The molecule has 1 amide bonds. The minimum Gasteiger partial charge on any atom is -0.460 e. The maximum atomic E-state index is 13.0. The van der Waals surface area contributed by atoms with E-state index in [4.69, 9.17) is 13.9 Å². The van der Waals surface area contributed by atoms with Crippen molar-refractivity contribution in [1.29, 1.82) is 0 Å². The van der Waals surface area contributed by atoms with Crippen LogP contribution in [0.3, 0.4) is 0 Å². The van der Waals surface area contributed by atoms with Crippen LogP contribution in [0.15, 0.2) is 56.1 Å². The maximum Gasteiger partial charge on any atom is 0.415 e. The van der Waals surface area contributed by atoms with Crippen LogP contribution in [0.25, 0.3) is 22.1 Å². The third-order valence-corrected chi connectivity index (χ3v) is 5.18. The van der Waals surface area contributed by atoms with Crippen LogP contribution in [-0.4, -0.2) is 37.3 Å². The molecule has 1 fully saturated rings. The number of benzene rings is 2. The summed E-state index contributed by atoms with van der Waals surface area (Å²) in [7, 11) is 0. The Hall–Kier alpha value is -2.64. The normalized spacial score (nSPS) is 14.3. The number of hydrogen-bond acceptors (Lipinski definition) is 5. The van der Waals surface area contributed by atoms with Crippen LogP contribution in [0.4, 0.5) is 4.79 Å². The van der Waals surface area contributed by atoms with Crippen LogP contribution in [0, 0.1) is 6.92 Å². The molecule has 1 aliphatic rings. The standard InChI is InChI=1S/C21H18BrNO5/c1-13-19(14-2-4-15(22)5-3-14)20(24)17-7-6-16(12-18(17)27-13)28-21(25)23-8-10-26-11-9-23/h2-7,12H,8-11H2,1H3. The summed E-state index contributed by atoms with van der Waals surface area (Å²) in [5.41, 5.74) is 1.58. The number of ether oxygens (including phenoxy) is 2. The van der Waals surface area contributed by atoms with Gasteiger partial charge in [-0.1, -0.05) is 28.1 Å². The number of fused-ring (bicyclic) bond motifs is 1. The first-order valence-corrected chi connectivity index (χ1v) is 9.70. The topological polar surface area (TPSA) is 69.0 Å². The first-order chi connectivity index (χ1) is 13.5. The van der Waals surface area contributed by atoms with Crippen molar-refractivity contribution in [2.45, 2.75) is 6.92 Å². The molecule has 1 aliphatic heterocycles. The Balaban J connectivity index is 1.67. The van der Waals surface area contributed by atoms with Crippen molar-refractivity contribution in [3.05, 3.63) is 62.9 Å². The predicted molar refractivity (Wildman–Crippen MR) is 109 cm³/mol.